The first-order chi connectivity index (χ1) is 18.5. The fourth-order valence-corrected chi connectivity index (χ4v) is 4.16. The van der Waals surface area contributed by atoms with Crippen LogP contribution in [0.4, 0.5) is 5.69 Å². The number of anilines is 1. The van der Waals surface area contributed by atoms with Crippen LogP contribution in [-0.4, -0.2) is 57.0 Å². The fraction of sp³-hybridized carbons (Fsp3) is 0.269. The molecule has 0 spiro atoms. The Kier molecular flexibility index (Phi) is 7.31. The van der Waals surface area contributed by atoms with Crippen LogP contribution >= 0.6 is 0 Å². The van der Waals surface area contributed by atoms with E-state index in [9.17, 15) is 4.79 Å². The van der Waals surface area contributed by atoms with Crippen molar-refractivity contribution >= 4 is 11.5 Å². The maximum Gasteiger partial charge on any atom is 0.350 e. The molecule has 196 valence electrons. The lowest BCUT2D eigenvalue weighted by molar-refractivity contribution is 0.0255. The number of H-pyrrole nitrogens is 1. The van der Waals surface area contributed by atoms with E-state index in [-0.39, 0.29) is 17.9 Å². The van der Waals surface area contributed by atoms with Crippen molar-refractivity contribution in [3.8, 4) is 17.4 Å². The molecule has 38 heavy (non-hydrogen) atoms. The molecule has 0 aliphatic carbocycles. The first-order valence-electron chi connectivity index (χ1n) is 12.1. The lowest BCUT2D eigenvalue weighted by atomic mass is 10.0. The number of nitrogens with two attached hydrogens (primary N) is 1. The molecule has 0 radical (unpaired) electrons. The third kappa shape index (κ3) is 5.65. The molecule has 1 saturated heterocycles. The van der Waals surface area contributed by atoms with Gasteiger partial charge in [-0.1, -0.05) is 0 Å². The minimum atomic E-state index is -0.608. The summed E-state index contributed by atoms with van der Waals surface area (Å²) in [5.41, 5.74) is 7.20. The van der Waals surface area contributed by atoms with Gasteiger partial charge >= 0.3 is 5.69 Å². The molecule has 4 aromatic rings. The lowest BCUT2D eigenvalue weighted by Gasteiger charge is -2.25. The van der Waals surface area contributed by atoms with Gasteiger partial charge < -0.3 is 25.3 Å². The quantitative estimate of drug-likeness (QED) is 0.193. The average molecular weight is 517 g/mol. The number of nitrogens with zero attached hydrogens (tertiary/aromatic N) is 4. The van der Waals surface area contributed by atoms with Crippen molar-refractivity contribution in [3.05, 3.63) is 88.4 Å². The Balaban J connectivity index is 1.55. The molecule has 1 atom stereocenters. The molecule has 3 heterocycles. The second-order valence-corrected chi connectivity index (χ2v) is 8.72. The number of nitrogens with one attached hydrogen (secondary N) is 3. The molecular formula is C26H28N8O4. The van der Waals surface area contributed by atoms with Crippen molar-refractivity contribution in [2.45, 2.75) is 25.0 Å². The Morgan fingerprint density at radius 3 is 2.55 bits per heavy atom. The van der Waals surface area contributed by atoms with Crippen LogP contribution in [0.15, 0.2) is 65.7 Å². The van der Waals surface area contributed by atoms with E-state index in [4.69, 9.17) is 25.4 Å². The number of methoxy groups -OCH3 is 1. The van der Waals surface area contributed by atoms with Gasteiger partial charge in [-0.15, -0.1) is 9.78 Å². The summed E-state index contributed by atoms with van der Waals surface area (Å²) in [6, 6.07) is 13.7. The number of benzene rings is 2. The zero-order chi connectivity index (χ0) is 26.5. The van der Waals surface area contributed by atoms with E-state index in [1.54, 1.807) is 37.4 Å². The van der Waals surface area contributed by atoms with Crippen LogP contribution in [0.25, 0.3) is 5.95 Å². The van der Waals surface area contributed by atoms with Crippen LogP contribution in [0.2, 0.25) is 0 Å². The van der Waals surface area contributed by atoms with Crippen molar-refractivity contribution in [1.82, 2.24) is 24.7 Å². The van der Waals surface area contributed by atoms with Crippen LogP contribution in [0.3, 0.4) is 0 Å². The number of rotatable bonds is 9. The predicted octanol–water partition coefficient (Wildman–Crippen LogP) is 2.40. The first kappa shape index (κ1) is 25.0. The van der Waals surface area contributed by atoms with Gasteiger partial charge in [0.1, 0.15) is 29.5 Å². The van der Waals surface area contributed by atoms with Crippen molar-refractivity contribution in [2.24, 2.45) is 5.73 Å². The van der Waals surface area contributed by atoms with Gasteiger partial charge in [0.25, 0.3) is 5.95 Å². The average Bonchev–Trinajstić information content (AvgIpc) is 3.33. The number of aromatic amines is 1. The van der Waals surface area contributed by atoms with Gasteiger partial charge in [-0.05, 0) is 48.0 Å². The van der Waals surface area contributed by atoms with Crippen LogP contribution in [0, 0.1) is 5.41 Å². The summed E-state index contributed by atoms with van der Waals surface area (Å²) in [7, 11) is 1.59. The van der Waals surface area contributed by atoms with E-state index in [2.05, 4.69) is 25.4 Å². The minimum absolute atomic E-state index is 0.0262. The molecule has 12 heteroatoms. The van der Waals surface area contributed by atoms with Gasteiger partial charge in [-0.25, -0.2) is 14.8 Å². The summed E-state index contributed by atoms with van der Waals surface area (Å²) >= 11 is 0. The maximum atomic E-state index is 12.8. The summed E-state index contributed by atoms with van der Waals surface area (Å²) in [6.45, 7) is 1.31. The number of hydrogen-bond donors (Lipinski definition) is 4. The molecule has 5 rings (SSSR count). The molecular weight excluding hydrogens is 488 g/mol. The highest BCUT2D eigenvalue weighted by Gasteiger charge is 2.24. The molecule has 0 saturated carbocycles. The zero-order valence-corrected chi connectivity index (χ0v) is 20.8. The Morgan fingerprint density at radius 2 is 1.87 bits per heavy atom. The highest BCUT2D eigenvalue weighted by atomic mass is 16.5. The fourth-order valence-electron chi connectivity index (χ4n) is 4.16. The summed E-state index contributed by atoms with van der Waals surface area (Å²) in [5.74, 6) is 1.69. The second-order valence-electron chi connectivity index (χ2n) is 8.72. The molecule has 0 amide bonds. The van der Waals surface area contributed by atoms with Crippen molar-refractivity contribution in [3.63, 3.8) is 0 Å². The molecule has 2 aromatic carbocycles. The lowest BCUT2D eigenvalue weighted by Crippen LogP contribution is -2.26. The van der Waals surface area contributed by atoms with E-state index in [0.717, 1.165) is 28.8 Å². The second kappa shape index (κ2) is 11.1. The van der Waals surface area contributed by atoms with Gasteiger partial charge in [0, 0.05) is 42.6 Å². The normalized spacial score (nSPS) is 14.6. The summed E-state index contributed by atoms with van der Waals surface area (Å²) in [5, 5.41) is 15.6. The van der Waals surface area contributed by atoms with Crippen LogP contribution in [0.5, 0.6) is 11.5 Å². The summed E-state index contributed by atoms with van der Waals surface area (Å²) < 4.78 is 18.4. The van der Waals surface area contributed by atoms with E-state index < -0.39 is 11.7 Å². The smallest absolute Gasteiger partial charge is 0.350 e. The molecule has 2 aromatic heterocycles. The maximum absolute atomic E-state index is 12.8. The zero-order valence-electron chi connectivity index (χ0n) is 20.8. The van der Waals surface area contributed by atoms with E-state index >= 15 is 0 Å². The monoisotopic (exact) mass is 516 g/mol. The molecule has 5 N–H and O–H groups in total. The third-order valence-electron chi connectivity index (χ3n) is 6.10. The number of hydrogen-bond acceptors (Lipinski definition) is 9. The number of ether oxygens (including phenoxy) is 3. The van der Waals surface area contributed by atoms with Crippen LogP contribution in [0.1, 0.15) is 35.8 Å². The van der Waals surface area contributed by atoms with Gasteiger partial charge in [0.05, 0.1) is 20.3 Å². The number of aromatic nitrogens is 5. The molecule has 1 aliphatic rings. The van der Waals surface area contributed by atoms with Crippen LogP contribution < -0.4 is 26.2 Å². The van der Waals surface area contributed by atoms with Gasteiger partial charge in [0.2, 0.25) is 0 Å². The van der Waals surface area contributed by atoms with Crippen molar-refractivity contribution in [1.29, 1.82) is 5.41 Å². The van der Waals surface area contributed by atoms with E-state index in [1.807, 2.05) is 18.2 Å². The van der Waals surface area contributed by atoms with Gasteiger partial charge in [-0.3, -0.25) is 10.4 Å². The predicted molar refractivity (Wildman–Crippen MR) is 140 cm³/mol. The third-order valence-corrected chi connectivity index (χ3v) is 6.10. The first-order valence-corrected chi connectivity index (χ1v) is 12.1. The largest absolute Gasteiger partial charge is 0.497 e. The van der Waals surface area contributed by atoms with Crippen molar-refractivity contribution < 1.29 is 14.2 Å². The standard InChI is InChI=1S/C26H28N8O4/c1-36-20-13-17(14-21(15-20)38-19-7-11-37-12-8-19)22(31-18-5-3-16(4-6-18)23(27)28)24-32-26(35)34(33-24)25-29-9-2-10-30-25/h2-6,9-10,13-15,19,22,31H,7-8,11-12H2,1H3,(H3,27,28)(H,32,33,35)/t22-/m0/s1. The molecule has 1 fully saturated rings. The summed E-state index contributed by atoms with van der Waals surface area (Å²) in [4.78, 5) is 23.9. The summed E-state index contributed by atoms with van der Waals surface area (Å²) in [6.07, 6.45) is 4.70. The van der Waals surface area contributed by atoms with Gasteiger partial charge in [0.15, 0.2) is 5.82 Å². The topological polar surface area (TPSA) is 166 Å². The Hall–Kier alpha value is -4.71. The van der Waals surface area contributed by atoms with Gasteiger partial charge in [-0.2, -0.15) is 0 Å². The molecule has 12 nitrogen and oxygen atoms in total. The number of amidine groups is 1. The van der Waals surface area contributed by atoms with Crippen molar-refractivity contribution in [2.75, 3.05) is 25.6 Å². The Morgan fingerprint density at radius 1 is 1.16 bits per heavy atom. The molecule has 0 bridgehead atoms. The molecule has 1 aliphatic heterocycles. The number of nitrogen functional groups attached to an aromatic ring is 1. The highest BCUT2D eigenvalue weighted by Crippen LogP contribution is 2.32. The molecule has 0 unspecified atom stereocenters. The van der Waals surface area contributed by atoms with E-state index in [1.165, 1.54) is 12.4 Å². The Labute approximate surface area is 218 Å². The Bertz CT molecular complexity index is 1450. The highest BCUT2D eigenvalue weighted by molar-refractivity contribution is 5.95. The minimum Gasteiger partial charge on any atom is -0.497 e. The van der Waals surface area contributed by atoms with Crippen LogP contribution in [-0.2, 0) is 4.74 Å². The van der Waals surface area contributed by atoms with E-state index in [0.29, 0.717) is 36.1 Å². The SMILES string of the molecule is COc1cc(OC2CCOCC2)cc([C@H](Nc2ccc(C(=N)N)cc2)c2nn(-c3ncccn3)c(=O)[nH]2)c1.